The van der Waals surface area contributed by atoms with Crippen molar-refractivity contribution in [3.05, 3.63) is 38.1 Å². The summed E-state index contributed by atoms with van der Waals surface area (Å²) in [5.41, 5.74) is 1.52. The minimum atomic E-state index is -0.571. The second kappa shape index (κ2) is 7.33. The Bertz CT molecular complexity index is 979. The van der Waals surface area contributed by atoms with E-state index >= 15 is 0 Å². The Hall–Kier alpha value is -2.77. The molecule has 2 aromatic rings. The topological polar surface area (TPSA) is 117 Å². The summed E-state index contributed by atoms with van der Waals surface area (Å²) in [7, 11) is 0. The van der Waals surface area contributed by atoms with E-state index in [1.807, 2.05) is 0 Å². The lowest BCUT2D eigenvalue weighted by molar-refractivity contribution is -0.392. The Morgan fingerprint density at radius 1 is 1.50 bits per heavy atom. The molecule has 0 saturated carbocycles. The van der Waals surface area contributed by atoms with Crippen LogP contribution in [-0.2, 0) is 24.3 Å². The Kier molecular flexibility index (Phi) is 5.23. The van der Waals surface area contributed by atoms with Gasteiger partial charge in [0.25, 0.3) is 5.91 Å². The average Bonchev–Trinajstić information content (AvgIpc) is 3.13. The van der Waals surface area contributed by atoms with E-state index in [0.29, 0.717) is 16.4 Å². The summed E-state index contributed by atoms with van der Waals surface area (Å²) in [6.45, 7) is 9.42. The van der Waals surface area contributed by atoms with E-state index in [4.69, 9.17) is 0 Å². The standard InChI is InChI=1S/C18H22N6O3S/c1-11-20-8-16(24(26)27)23(11)10-15(25)21-17-13(7-19)12-5-6-22(18(2,3)4)9-14(12)28-17/h8H,5-6,9-10H2,1-4H3,(H,21,25). The lowest BCUT2D eigenvalue weighted by Gasteiger charge is -2.38. The lowest BCUT2D eigenvalue weighted by atomic mass is 9.98. The number of anilines is 1. The van der Waals surface area contributed by atoms with Gasteiger partial charge in [0.1, 0.15) is 17.3 Å². The quantitative estimate of drug-likeness (QED) is 0.621. The summed E-state index contributed by atoms with van der Waals surface area (Å²) < 4.78 is 1.25. The monoisotopic (exact) mass is 402 g/mol. The molecule has 148 valence electrons. The molecule has 0 atom stereocenters. The number of imidazole rings is 1. The lowest BCUT2D eigenvalue weighted by Crippen LogP contribution is -2.43. The number of nitrogens with zero attached hydrogens (tertiary/aromatic N) is 5. The Morgan fingerprint density at radius 2 is 2.21 bits per heavy atom. The molecular weight excluding hydrogens is 380 g/mol. The molecule has 0 aliphatic carbocycles. The fourth-order valence-electron chi connectivity index (χ4n) is 3.29. The third-order valence-corrected chi connectivity index (χ3v) is 6.03. The molecule has 10 heteroatoms. The van der Waals surface area contributed by atoms with Gasteiger partial charge < -0.3 is 15.4 Å². The molecule has 1 aliphatic heterocycles. The van der Waals surface area contributed by atoms with E-state index in [1.165, 1.54) is 15.9 Å². The van der Waals surface area contributed by atoms with Crippen LogP contribution in [0.15, 0.2) is 6.20 Å². The Labute approximate surface area is 166 Å². The highest BCUT2D eigenvalue weighted by atomic mass is 32.1. The number of thiophene rings is 1. The number of nitrogens with one attached hydrogen (secondary N) is 1. The molecule has 0 unspecified atom stereocenters. The second-order valence-electron chi connectivity index (χ2n) is 7.72. The van der Waals surface area contributed by atoms with Crippen LogP contribution in [0.25, 0.3) is 0 Å². The maximum Gasteiger partial charge on any atom is 0.343 e. The van der Waals surface area contributed by atoms with Crippen molar-refractivity contribution in [1.29, 1.82) is 5.26 Å². The number of amides is 1. The van der Waals surface area contributed by atoms with Crippen molar-refractivity contribution in [3.63, 3.8) is 0 Å². The van der Waals surface area contributed by atoms with E-state index in [1.54, 1.807) is 6.92 Å². The summed E-state index contributed by atoms with van der Waals surface area (Å²) >= 11 is 1.41. The van der Waals surface area contributed by atoms with Crippen molar-refractivity contribution in [2.45, 2.75) is 52.7 Å². The van der Waals surface area contributed by atoms with Crippen molar-refractivity contribution >= 4 is 28.1 Å². The molecule has 0 saturated heterocycles. The maximum atomic E-state index is 12.5. The number of rotatable bonds is 4. The SMILES string of the molecule is Cc1ncc([N+](=O)[O-])n1CC(=O)Nc1sc2c(c1C#N)CCN(C(C)(C)C)C2. The molecular formula is C18H22N6O3S. The number of fused-ring (bicyclic) bond motifs is 1. The molecule has 1 aliphatic rings. The zero-order valence-electron chi connectivity index (χ0n) is 16.3. The maximum absolute atomic E-state index is 12.5. The van der Waals surface area contributed by atoms with Crippen molar-refractivity contribution in [2.24, 2.45) is 0 Å². The Morgan fingerprint density at radius 3 is 2.82 bits per heavy atom. The van der Waals surface area contributed by atoms with E-state index in [0.717, 1.165) is 36.1 Å². The van der Waals surface area contributed by atoms with Crippen LogP contribution < -0.4 is 5.32 Å². The van der Waals surface area contributed by atoms with Gasteiger partial charge in [-0.3, -0.25) is 9.69 Å². The van der Waals surface area contributed by atoms with Gasteiger partial charge in [0, 0.05) is 30.4 Å². The molecule has 2 aromatic heterocycles. The molecule has 0 radical (unpaired) electrons. The number of aryl methyl sites for hydroxylation is 1. The first-order chi connectivity index (χ1) is 13.1. The number of carbonyl (C=O) groups is 1. The summed E-state index contributed by atoms with van der Waals surface area (Å²) in [5, 5.41) is 24.0. The first kappa shape index (κ1) is 20.0. The largest absolute Gasteiger partial charge is 0.358 e. The molecule has 28 heavy (non-hydrogen) atoms. The second-order valence-corrected chi connectivity index (χ2v) is 8.82. The minimum absolute atomic E-state index is 0.0236. The van der Waals surface area contributed by atoms with Gasteiger partial charge in [-0.2, -0.15) is 5.26 Å². The van der Waals surface area contributed by atoms with E-state index in [-0.39, 0.29) is 17.9 Å². The average molecular weight is 402 g/mol. The number of carbonyl (C=O) groups excluding carboxylic acids is 1. The number of nitro groups is 1. The van der Waals surface area contributed by atoms with Crippen molar-refractivity contribution in [3.8, 4) is 6.07 Å². The predicted molar refractivity (Wildman–Crippen MR) is 105 cm³/mol. The molecule has 9 nitrogen and oxygen atoms in total. The van der Waals surface area contributed by atoms with Crippen LogP contribution in [0, 0.1) is 28.4 Å². The molecule has 1 N–H and O–H groups in total. The van der Waals surface area contributed by atoms with Crippen LogP contribution in [0.1, 0.15) is 42.6 Å². The highest BCUT2D eigenvalue weighted by Gasteiger charge is 2.30. The number of hydrogen-bond donors (Lipinski definition) is 1. The van der Waals surface area contributed by atoms with E-state index in [2.05, 4.69) is 42.0 Å². The third-order valence-electron chi connectivity index (χ3n) is 4.89. The van der Waals surface area contributed by atoms with Gasteiger partial charge in [-0.1, -0.05) is 0 Å². The first-order valence-electron chi connectivity index (χ1n) is 8.88. The fourth-order valence-corrected chi connectivity index (χ4v) is 4.52. The molecule has 3 heterocycles. The molecule has 0 fully saturated rings. The van der Waals surface area contributed by atoms with Gasteiger partial charge in [0.15, 0.2) is 12.4 Å². The van der Waals surface area contributed by atoms with Crippen LogP contribution in [-0.4, -0.2) is 37.4 Å². The van der Waals surface area contributed by atoms with Gasteiger partial charge >= 0.3 is 5.82 Å². The Balaban J connectivity index is 1.81. The molecule has 1 amide bonds. The van der Waals surface area contributed by atoms with E-state index in [9.17, 15) is 20.2 Å². The number of aromatic nitrogens is 2. The highest BCUT2D eigenvalue weighted by Crippen LogP contribution is 2.38. The van der Waals surface area contributed by atoms with Gasteiger partial charge in [0.05, 0.1) is 5.56 Å². The van der Waals surface area contributed by atoms with Gasteiger partial charge in [-0.05, 0) is 37.7 Å². The van der Waals surface area contributed by atoms with Gasteiger partial charge in [-0.15, -0.1) is 11.3 Å². The molecule has 0 spiro atoms. The number of nitriles is 1. The summed E-state index contributed by atoms with van der Waals surface area (Å²) in [4.78, 5) is 30.4. The fraction of sp³-hybridized carbons (Fsp3) is 0.500. The zero-order chi connectivity index (χ0) is 20.6. The predicted octanol–water partition coefficient (Wildman–Crippen LogP) is 2.83. The van der Waals surface area contributed by atoms with Crippen LogP contribution in [0.2, 0.25) is 0 Å². The van der Waals surface area contributed by atoms with Gasteiger partial charge in [-0.25, -0.2) is 9.55 Å². The van der Waals surface area contributed by atoms with Crippen LogP contribution in [0.5, 0.6) is 0 Å². The number of hydrogen-bond acceptors (Lipinski definition) is 7. The molecule has 0 aromatic carbocycles. The zero-order valence-corrected chi connectivity index (χ0v) is 17.1. The van der Waals surface area contributed by atoms with E-state index < -0.39 is 10.8 Å². The van der Waals surface area contributed by atoms with Crippen LogP contribution >= 0.6 is 11.3 Å². The first-order valence-corrected chi connectivity index (χ1v) is 9.69. The van der Waals surface area contributed by atoms with Crippen molar-refractivity contribution in [1.82, 2.24) is 14.5 Å². The summed E-state index contributed by atoms with van der Waals surface area (Å²) in [6.07, 6.45) is 1.89. The normalized spacial score (nSPS) is 14.4. The van der Waals surface area contributed by atoms with Crippen LogP contribution in [0.3, 0.4) is 0 Å². The smallest absolute Gasteiger partial charge is 0.343 e. The molecule has 0 bridgehead atoms. The third kappa shape index (κ3) is 3.76. The highest BCUT2D eigenvalue weighted by molar-refractivity contribution is 7.16. The minimum Gasteiger partial charge on any atom is -0.358 e. The molecule has 3 rings (SSSR count). The van der Waals surface area contributed by atoms with Crippen LogP contribution in [0.4, 0.5) is 10.8 Å². The van der Waals surface area contributed by atoms with Crippen molar-refractivity contribution in [2.75, 3.05) is 11.9 Å². The van der Waals surface area contributed by atoms with Gasteiger partial charge in [0.2, 0.25) is 0 Å². The van der Waals surface area contributed by atoms with Crippen molar-refractivity contribution < 1.29 is 9.72 Å². The summed E-state index contributed by atoms with van der Waals surface area (Å²) in [6, 6.07) is 2.21. The summed E-state index contributed by atoms with van der Waals surface area (Å²) in [5.74, 6) is -0.278.